The Bertz CT molecular complexity index is 420. The summed E-state index contributed by atoms with van der Waals surface area (Å²) in [5, 5.41) is 13.1. The van der Waals surface area contributed by atoms with Crippen molar-refractivity contribution in [2.75, 3.05) is 20.1 Å². The third-order valence-corrected chi connectivity index (χ3v) is 3.28. The van der Waals surface area contributed by atoms with Crippen molar-refractivity contribution in [3.05, 3.63) is 35.9 Å². The molecule has 1 unspecified atom stereocenters. The van der Waals surface area contributed by atoms with Gasteiger partial charge in [0.15, 0.2) is 5.54 Å². The second kappa shape index (κ2) is 7.41. The lowest BCUT2D eigenvalue weighted by molar-refractivity contribution is -0.146. The Hall–Kier alpha value is -1.39. The number of benzene rings is 1. The van der Waals surface area contributed by atoms with Gasteiger partial charge in [-0.2, -0.15) is 0 Å². The van der Waals surface area contributed by atoms with Gasteiger partial charge in [0.25, 0.3) is 0 Å². The van der Waals surface area contributed by atoms with Crippen LogP contribution in [0.15, 0.2) is 30.3 Å². The first-order valence-electron chi connectivity index (χ1n) is 7.17. The molecule has 0 heterocycles. The van der Waals surface area contributed by atoms with Crippen LogP contribution >= 0.6 is 0 Å². The molecule has 0 spiro atoms. The Kier molecular flexibility index (Phi) is 6.17. The largest absolute Gasteiger partial charge is 0.480 e. The highest BCUT2D eigenvalue weighted by Crippen LogP contribution is 2.24. The zero-order valence-electron chi connectivity index (χ0n) is 12.9. The van der Waals surface area contributed by atoms with Crippen LogP contribution in [0.2, 0.25) is 0 Å². The normalized spacial score (nSPS) is 14.5. The van der Waals surface area contributed by atoms with Gasteiger partial charge in [-0.1, -0.05) is 37.3 Å². The first-order valence-corrected chi connectivity index (χ1v) is 7.17. The molecule has 0 aliphatic rings. The lowest BCUT2D eigenvalue weighted by atomic mass is 9.88. The fraction of sp³-hybridized carbons (Fsp3) is 0.562. The summed E-state index contributed by atoms with van der Waals surface area (Å²) in [5.41, 5.74) is -0.275. The van der Waals surface area contributed by atoms with Gasteiger partial charge >= 0.3 is 5.97 Å². The molecule has 1 rings (SSSR count). The molecule has 0 saturated heterocycles. The van der Waals surface area contributed by atoms with Crippen LogP contribution in [0.1, 0.15) is 32.8 Å². The summed E-state index contributed by atoms with van der Waals surface area (Å²) >= 11 is 0. The van der Waals surface area contributed by atoms with E-state index in [2.05, 4.69) is 17.1 Å². The number of carboxylic acids is 1. The molecule has 2 N–H and O–H groups in total. The van der Waals surface area contributed by atoms with E-state index in [-0.39, 0.29) is 6.04 Å². The van der Waals surface area contributed by atoms with Crippen molar-refractivity contribution in [3.8, 4) is 0 Å². The van der Waals surface area contributed by atoms with Crippen LogP contribution in [0, 0.1) is 0 Å². The minimum Gasteiger partial charge on any atom is -0.480 e. The molecule has 1 aromatic carbocycles. The van der Waals surface area contributed by atoms with Crippen molar-refractivity contribution in [2.24, 2.45) is 0 Å². The number of carbonyl (C=O) groups is 1. The third kappa shape index (κ3) is 4.05. The van der Waals surface area contributed by atoms with Crippen molar-refractivity contribution < 1.29 is 9.90 Å². The number of hydrogen-bond donors (Lipinski definition) is 2. The molecular weight excluding hydrogens is 252 g/mol. The molecule has 0 aliphatic carbocycles. The molecule has 0 fully saturated rings. The molecular formula is C16H26N2O2. The van der Waals surface area contributed by atoms with Crippen LogP contribution < -0.4 is 5.32 Å². The molecule has 4 heteroatoms. The predicted octanol–water partition coefficient (Wildman–Crippen LogP) is 2.31. The molecule has 20 heavy (non-hydrogen) atoms. The lowest BCUT2D eigenvalue weighted by Gasteiger charge is -2.36. The highest BCUT2D eigenvalue weighted by molar-refractivity contribution is 5.81. The highest BCUT2D eigenvalue weighted by Gasteiger charge is 2.41. The molecule has 1 atom stereocenters. The number of likely N-dealkylation sites (N-methyl/N-ethyl adjacent to an activating group) is 1. The topological polar surface area (TPSA) is 52.6 Å². The lowest BCUT2D eigenvalue weighted by Crippen LogP contribution is -2.58. The van der Waals surface area contributed by atoms with Gasteiger partial charge in [-0.3, -0.25) is 5.32 Å². The first-order chi connectivity index (χ1) is 9.42. The van der Waals surface area contributed by atoms with Gasteiger partial charge in [-0.05, 0) is 39.4 Å². The number of nitrogens with one attached hydrogen (secondary N) is 1. The maximum absolute atomic E-state index is 12.0. The van der Waals surface area contributed by atoms with Gasteiger partial charge in [0.2, 0.25) is 0 Å². The molecule has 1 aromatic rings. The van der Waals surface area contributed by atoms with E-state index in [1.54, 1.807) is 0 Å². The Morgan fingerprint density at radius 1 is 1.35 bits per heavy atom. The number of carboxylic acid groups (broad SMARTS) is 1. The van der Waals surface area contributed by atoms with E-state index in [4.69, 9.17) is 0 Å². The van der Waals surface area contributed by atoms with E-state index in [9.17, 15) is 9.90 Å². The number of rotatable bonds is 8. The smallest absolute Gasteiger partial charge is 0.329 e. The summed E-state index contributed by atoms with van der Waals surface area (Å²) in [6, 6.07) is 9.51. The van der Waals surface area contributed by atoms with E-state index in [0.29, 0.717) is 6.54 Å². The number of hydrogen-bond acceptors (Lipinski definition) is 3. The van der Waals surface area contributed by atoms with Gasteiger partial charge in [-0.25, -0.2) is 4.79 Å². The van der Waals surface area contributed by atoms with Crippen molar-refractivity contribution in [2.45, 2.75) is 38.8 Å². The molecule has 0 amide bonds. The van der Waals surface area contributed by atoms with E-state index in [1.807, 2.05) is 51.2 Å². The second-order valence-electron chi connectivity index (χ2n) is 5.61. The van der Waals surface area contributed by atoms with Gasteiger partial charge in [-0.15, -0.1) is 0 Å². The van der Waals surface area contributed by atoms with Gasteiger partial charge in [0.05, 0.1) is 0 Å². The van der Waals surface area contributed by atoms with Crippen molar-refractivity contribution >= 4 is 5.97 Å². The quantitative estimate of drug-likeness (QED) is 0.766. The third-order valence-electron chi connectivity index (χ3n) is 3.28. The Labute approximate surface area is 121 Å². The van der Waals surface area contributed by atoms with E-state index < -0.39 is 11.5 Å². The van der Waals surface area contributed by atoms with Crippen LogP contribution in [-0.2, 0) is 10.3 Å². The van der Waals surface area contributed by atoms with E-state index in [0.717, 1.165) is 18.5 Å². The summed E-state index contributed by atoms with van der Waals surface area (Å²) in [4.78, 5) is 14.1. The molecule has 0 bridgehead atoms. The average Bonchev–Trinajstić information content (AvgIpc) is 2.38. The Morgan fingerprint density at radius 3 is 2.40 bits per heavy atom. The predicted molar refractivity (Wildman–Crippen MR) is 81.8 cm³/mol. The second-order valence-corrected chi connectivity index (χ2v) is 5.61. The summed E-state index contributed by atoms with van der Waals surface area (Å²) in [6.07, 6.45) is 1.00. The average molecular weight is 278 g/mol. The molecule has 112 valence electrons. The SMILES string of the molecule is CCCN(C)CC(NC(C)C)(C(=O)O)c1ccccc1. The van der Waals surface area contributed by atoms with Crippen LogP contribution in [0.25, 0.3) is 0 Å². The van der Waals surface area contributed by atoms with Crippen molar-refractivity contribution in [1.82, 2.24) is 10.2 Å². The summed E-state index contributed by atoms with van der Waals surface area (Å²) in [7, 11) is 1.96. The molecule has 0 aromatic heterocycles. The maximum Gasteiger partial charge on any atom is 0.329 e. The fourth-order valence-corrected chi connectivity index (χ4v) is 2.55. The van der Waals surface area contributed by atoms with E-state index in [1.165, 1.54) is 0 Å². The summed E-state index contributed by atoms with van der Waals surface area (Å²) in [5.74, 6) is -0.833. The highest BCUT2D eigenvalue weighted by atomic mass is 16.4. The maximum atomic E-state index is 12.0. The van der Waals surface area contributed by atoms with Crippen LogP contribution in [0.3, 0.4) is 0 Å². The minimum atomic E-state index is -1.07. The fourth-order valence-electron chi connectivity index (χ4n) is 2.55. The molecule has 0 aliphatic heterocycles. The molecule has 0 saturated carbocycles. The Balaban J connectivity index is 3.18. The minimum absolute atomic E-state index is 0.0846. The Morgan fingerprint density at radius 2 is 1.95 bits per heavy atom. The van der Waals surface area contributed by atoms with Gasteiger partial charge in [0.1, 0.15) is 0 Å². The first kappa shape index (κ1) is 16.7. The number of nitrogens with zero attached hydrogens (tertiary/aromatic N) is 1. The van der Waals surface area contributed by atoms with E-state index >= 15 is 0 Å². The summed E-state index contributed by atoms with van der Waals surface area (Å²) < 4.78 is 0. The molecule has 4 nitrogen and oxygen atoms in total. The van der Waals surface area contributed by atoms with Crippen LogP contribution in [-0.4, -0.2) is 42.2 Å². The molecule has 0 radical (unpaired) electrons. The number of aliphatic carboxylic acids is 1. The van der Waals surface area contributed by atoms with Crippen molar-refractivity contribution in [1.29, 1.82) is 0 Å². The summed E-state index contributed by atoms with van der Waals surface area (Å²) in [6.45, 7) is 7.36. The van der Waals surface area contributed by atoms with Crippen LogP contribution in [0.4, 0.5) is 0 Å². The van der Waals surface area contributed by atoms with Gasteiger partial charge < -0.3 is 10.0 Å². The zero-order valence-corrected chi connectivity index (χ0v) is 12.9. The van der Waals surface area contributed by atoms with Crippen LogP contribution in [0.5, 0.6) is 0 Å². The van der Waals surface area contributed by atoms with Gasteiger partial charge in [0, 0.05) is 12.6 Å². The zero-order chi connectivity index (χ0) is 15.2. The standard InChI is InChI=1S/C16H26N2O2/c1-5-11-18(4)12-16(15(19)20,17-13(2)3)14-9-7-6-8-10-14/h6-10,13,17H,5,11-12H2,1-4H3,(H,19,20). The monoisotopic (exact) mass is 278 g/mol. The van der Waals surface area contributed by atoms with Crippen molar-refractivity contribution in [3.63, 3.8) is 0 Å².